The van der Waals surface area contributed by atoms with E-state index in [0.717, 1.165) is 21.0 Å². The van der Waals surface area contributed by atoms with E-state index < -0.39 is 22.5 Å². The number of nitrogens with zero attached hydrogens (tertiary/aromatic N) is 2. The van der Waals surface area contributed by atoms with E-state index in [-0.39, 0.29) is 10.8 Å². The van der Waals surface area contributed by atoms with E-state index in [9.17, 15) is 18.0 Å². The van der Waals surface area contributed by atoms with E-state index in [1.807, 2.05) is 19.9 Å². The second-order valence-electron chi connectivity index (χ2n) is 9.29. The Balaban J connectivity index is 1.46. The van der Waals surface area contributed by atoms with Gasteiger partial charge < -0.3 is 5.32 Å². The normalized spacial score (nSPS) is 11.5. The molecule has 0 aliphatic heterocycles. The lowest BCUT2D eigenvalue weighted by Crippen LogP contribution is -2.39. The van der Waals surface area contributed by atoms with Gasteiger partial charge in [0.15, 0.2) is 0 Å². The lowest BCUT2D eigenvalue weighted by atomic mass is 10.1. The molecule has 4 rings (SSSR count). The number of hydrogen-bond acceptors (Lipinski definition) is 5. The zero-order valence-corrected chi connectivity index (χ0v) is 23.3. The van der Waals surface area contributed by atoms with Gasteiger partial charge in [0.2, 0.25) is 0 Å². The van der Waals surface area contributed by atoms with E-state index in [1.165, 1.54) is 12.1 Å². The predicted molar refractivity (Wildman–Crippen MR) is 158 cm³/mol. The summed E-state index contributed by atoms with van der Waals surface area (Å²) in [6.07, 6.45) is 0. The van der Waals surface area contributed by atoms with Gasteiger partial charge in [0.1, 0.15) is 6.54 Å². The Bertz CT molecular complexity index is 1620. The van der Waals surface area contributed by atoms with Crippen molar-refractivity contribution in [1.82, 2.24) is 5.43 Å². The van der Waals surface area contributed by atoms with Crippen LogP contribution in [0.1, 0.15) is 34.0 Å². The standard InChI is InChI=1S/C31H30N4O4S/c1-22-9-17-28(18-10-22)35(40(38,39)29-19-11-23(2)12-20-29)21-30(36)34-33-24(3)25-13-15-27(16-14-25)32-31(37)26-7-5-4-6-8-26/h4-20H,21H2,1-3H3,(H,32,37)(H,34,36)/b33-24-. The van der Waals surface area contributed by atoms with Crippen molar-refractivity contribution < 1.29 is 18.0 Å². The van der Waals surface area contributed by atoms with Gasteiger partial charge in [-0.05, 0) is 74.9 Å². The molecule has 0 unspecified atom stereocenters. The number of sulfonamides is 1. The van der Waals surface area contributed by atoms with Crippen LogP contribution in [-0.4, -0.2) is 32.5 Å². The maximum absolute atomic E-state index is 13.5. The molecule has 0 fully saturated rings. The van der Waals surface area contributed by atoms with E-state index in [4.69, 9.17) is 0 Å². The highest BCUT2D eigenvalue weighted by atomic mass is 32.2. The zero-order valence-electron chi connectivity index (χ0n) is 22.5. The summed E-state index contributed by atoms with van der Waals surface area (Å²) in [5.74, 6) is -0.813. The summed E-state index contributed by atoms with van der Waals surface area (Å²) >= 11 is 0. The molecule has 0 aliphatic carbocycles. The maximum Gasteiger partial charge on any atom is 0.264 e. The largest absolute Gasteiger partial charge is 0.322 e. The van der Waals surface area contributed by atoms with Crippen molar-refractivity contribution in [2.75, 3.05) is 16.2 Å². The lowest BCUT2D eigenvalue weighted by molar-refractivity contribution is -0.119. The van der Waals surface area contributed by atoms with Crippen LogP contribution < -0.4 is 15.0 Å². The van der Waals surface area contributed by atoms with E-state index in [0.29, 0.717) is 22.6 Å². The van der Waals surface area contributed by atoms with Crippen LogP contribution in [0.3, 0.4) is 0 Å². The molecular weight excluding hydrogens is 524 g/mol. The molecule has 0 atom stereocenters. The molecule has 40 heavy (non-hydrogen) atoms. The van der Waals surface area contributed by atoms with Gasteiger partial charge in [-0.3, -0.25) is 13.9 Å². The van der Waals surface area contributed by atoms with Gasteiger partial charge in [-0.15, -0.1) is 0 Å². The fourth-order valence-electron chi connectivity index (χ4n) is 3.83. The number of anilines is 2. The molecule has 0 saturated carbocycles. The second kappa shape index (κ2) is 12.4. The monoisotopic (exact) mass is 554 g/mol. The van der Waals surface area contributed by atoms with Gasteiger partial charge in [0.05, 0.1) is 16.3 Å². The van der Waals surface area contributed by atoms with Crippen LogP contribution >= 0.6 is 0 Å². The van der Waals surface area contributed by atoms with Crippen LogP contribution in [0, 0.1) is 13.8 Å². The third kappa shape index (κ3) is 7.00. The van der Waals surface area contributed by atoms with Crippen molar-refractivity contribution in [3.63, 3.8) is 0 Å². The number of carbonyl (C=O) groups is 2. The highest BCUT2D eigenvalue weighted by Crippen LogP contribution is 2.24. The van der Waals surface area contributed by atoms with Gasteiger partial charge in [-0.1, -0.05) is 65.7 Å². The van der Waals surface area contributed by atoms with Crippen molar-refractivity contribution >= 4 is 38.9 Å². The van der Waals surface area contributed by atoms with Gasteiger partial charge >= 0.3 is 0 Å². The van der Waals surface area contributed by atoms with Crippen molar-refractivity contribution in [2.45, 2.75) is 25.7 Å². The van der Waals surface area contributed by atoms with Gasteiger partial charge in [-0.2, -0.15) is 5.10 Å². The molecule has 0 aliphatic rings. The Morgan fingerprint density at radius 3 is 1.93 bits per heavy atom. The summed E-state index contributed by atoms with van der Waals surface area (Å²) in [6.45, 7) is 5.03. The number of hydrogen-bond donors (Lipinski definition) is 2. The highest BCUT2D eigenvalue weighted by Gasteiger charge is 2.27. The molecule has 0 heterocycles. The van der Waals surface area contributed by atoms with Crippen LogP contribution in [0.2, 0.25) is 0 Å². The van der Waals surface area contributed by atoms with E-state index >= 15 is 0 Å². The molecule has 9 heteroatoms. The topological polar surface area (TPSA) is 108 Å². The highest BCUT2D eigenvalue weighted by molar-refractivity contribution is 7.92. The molecular formula is C31H30N4O4S. The molecule has 0 radical (unpaired) electrons. The average molecular weight is 555 g/mol. The number of aryl methyl sites for hydroxylation is 2. The summed E-state index contributed by atoms with van der Waals surface area (Å²) in [5, 5.41) is 7.00. The number of hydrazone groups is 1. The van der Waals surface area contributed by atoms with Crippen LogP contribution in [0.5, 0.6) is 0 Å². The van der Waals surface area contributed by atoms with Crippen LogP contribution in [-0.2, 0) is 14.8 Å². The molecule has 4 aromatic carbocycles. The smallest absolute Gasteiger partial charge is 0.264 e. The number of nitrogens with one attached hydrogen (secondary N) is 2. The number of carbonyl (C=O) groups excluding carboxylic acids is 2. The van der Waals surface area contributed by atoms with E-state index in [2.05, 4.69) is 15.8 Å². The molecule has 0 spiro atoms. The summed E-state index contributed by atoms with van der Waals surface area (Å²) in [7, 11) is -4.01. The Hall–Kier alpha value is -4.76. The minimum atomic E-state index is -4.01. The summed E-state index contributed by atoms with van der Waals surface area (Å²) < 4.78 is 28.1. The third-order valence-corrected chi connectivity index (χ3v) is 7.95. The van der Waals surface area contributed by atoms with Crippen LogP contribution in [0.25, 0.3) is 0 Å². The quantitative estimate of drug-likeness (QED) is 0.216. The zero-order chi connectivity index (χ0) is 28.7. The third-order valence-electron chi connectivity index (χ3n) is 6.16. The van der Waals surface area contributed by atoms with E-state index in [1.54, 1.807) is 91.9 Å². The van der Waals surface area contributed by atoms with Crippen molar-refractivity contribution in [3.05, 3.63) is 125 Å². The Morgan fingerprint density at radius 1 is 0.750 bits per heavy atom. The Morgan fingerprint density at radius 2 is 1.32 bits per heavy atom. The maximum atomic E-state index is 13.5. The number of benzene rings is 4. The SMILES string of the molecule is C/C(=N/NC(=O)CN(c1ccc(C)cc1)S(=O)(=O)c1ccc(C)cc1)c1ccc(NC(=O)c2ccccc2)cc1. The molecule has 0 aromatic heterocycles. The van der Waals surface area contributed by atoms with Gasteiger partial charge in [0, 0.05) is 11.3 Å². The predicted octanol–water partition coefficient (Wildman–Crippen LogP) is 5.29. The van der Waals surface area contributed by atoms with Crippen molar-refractivity contribution in [2.24, 2.45) is 5.10 Å². The average Bonchev–Trinajstić information content (AvgIpc) is 2.96. The molecule has 2 N–H and O–H groups in total. The Labute approximate surface area is 234 Å². The fourth-order valence-corrected chi connectivity index (χ4v) is 5.25. The summed E-state index contributed by atoms with van der Waals surface area (Å²) in [6, 6.07) is 29.3. The van der Waals surface area contributed by atoms with Gasteiger partial charge in [-0.25, -0.2) is 13.8 Å². The first-order valence-electron chi connectivity index (χ1n) is 12.6. The first kappa shape index (κ1) is 28.3. The summed E-state index contributed by atoms with van der Waals surface area (Å²) in [5.41, 5.74) is 7.13. The van der Waals surface area contributed by atoms with Crippen LogP contribution in [0.4, 0.5) is 11.4 Å². The van der Waals surface area contributed by atoms with Gasteiger partial charge in [0.25, 0.3) is 21.8 Å². The fraction of sp³-hybridized carbons (Fsp3) is 0.129. The lowest BCUT2D eigenvalue weighted by Gasteiger charge is -2.24. The molecule has 204 valence electrons. The molecule has 0 saturated heterocycles. The first-order chi connectivity index (χ1) is 19.1. The molecule has 8 nitrogen and oxygen atoms in total. The number of rotatable bonds is 9. The molecule has 2 amide bonds. The minimum absolute atomic E-state index is 0.0885. The van der Waals surface area contributed by atoms with Crippen LogP contribution in [0.15, 0.2) is 113 Å². The summed E-state index contributed by atoms with van der Waals surface area (Å²) in [4.78, 5) is 25.4. The second-order valence-corrected chi connectivity index (χ2v) is 11.2. The molecule has 0 bridgehead atoms. The molecule has 4 aromatic rings. The number of amides is 2. The minimum Gasteiger partial charge on any atom is -0.322 e. The van der Waals surface area contributed by atoms with Crippen molar-refractivity contribution in [1.29, 1.82) is 0 Å². The first-order valence-corrected chi connectivity index (χ1v) is 14.0. The Kier molecular flexibility index (Phi) is 8.76. The van der Waals surface area contributed by atoms with Crippen molar-refractivity contribution in [3.8, 4) is 0 Å².